The topological polar surface area (TPSA) is 77.7 Å². The first-order valence-corrected chi connectivity index (χ1v) is 5.48. The van der Waals surface area contributed by atoms with Crippen molar-refractivity contribution in [1.29, 1.82) is 5.26 Å². The van der Waals surface area contributed by atoms with Gasteiger partial charge < -0.3 is 10.2 Å². The molecular formula is C8H12N6S. The lowest BCUT2D eigenvalue weighted by molar-refractivity contribution is 0.742. The number of nitrogens with one attached hydrogen (secondary N) is 1. The Morgan fingerprint density at radius 2 is 2.13 bits per heavy atom. The van der Waals surface area contributed by atoms with Gasteiger partial charge in [0.2, 0.25) is 5.95 Å². The molecule has 0 saturated carbocycles. The highest BCUT2D eigenvalue weighted by Gasteiger charge is 2.06. The molecular weight excluding hydrogens is 212 g/mol. The summed E-state index contributed by atoms with van der Waals surface area (Å²) in [6.07, 6.45) is 3.73. The van der Waals surface area contributed by atoms with Crippen molar-refractivity contribution in [3.63, 3.8) is 0 Å². The largest absolute Gasteiger partial charge is 0.347 e. The van der Waals surface area contributed by atoms with E-state index in [2.05, 4.69) is 20.3 Å². The van der Waals surface area contributed by atoms with Crippen molar-refractivity contribution >= 4 is 17.7 Å². The fraction of sp³-hybridized carbons (Fsp3) is 0.500. The second-order valence-corrected chi connectivity index (χ2v) is 3.67. The summed E-state index contributed by atoms with van der Waals surface area (Å²) in [7, 11) is 3.72. The minimum Gasteiger partial charge on any atom is -0.347 e. The third kappa shape index (κ3) is 3.25. The van der Waals surface area contributed by atoms with Gasteiger partial charge >= 0.3 is 0 Å². The molecule has 0 aromatic carbocycles. The van der Waals surface area contributed by atoms with Crippen LogP contribution in [0, 0.1) is 11.5 Å². The molecule has 0 spiro atoms. The normalized spacial score (nSPS) is 9.47. The number of aromatic nitrogens is 3. The van der Waals surface area contributed by atoms with Crippen LogP contribution in [-0.4, -0.2) is 35.3 Å². The number of hydrogen-bond acceptors (Lipinski definition) is 7. The smallest absolute Gasteiger partial charge is 0.229 e. The van der Waals surface area contributed by atoms with Gasteiger partial charge in [-0.25, -0.2) is 4.98 Å². The van der Waals surface area contributed by atoms with Gasteiger partial charge in [-0.3, -0.25) is 0 Å². The van der Waals surface area contributed by atoms with E-state index in [1.54, 1.807) is 4.90 Å². The minimum absolute atomic E-state index is 0.327. The summed E-state index contributed by atoms with van der Waals surface area (Å²) in [5.74, 6) is 1.17. The predicted octanol–water partition coefficient (Wildman–Crippen LogP) is 0.230. The van der Waals surface area contributed by atoms with E-state index in [1.807, 2.05) is 26.5 Å². The zero-order valence-corrected chi connectivity index (χ0v) is 9.67. The standard InChI is InChI=1S/C8H12N6S/c1-14(2)7-11-6(4-10-5-9)12-8(13-7)15-3/h10H,4H2,1-3H3. The molecule has 0 bridgehead atoms. The first kappa shape index (κ1) is 11.5. The maximum absolute atomic E-state index is 8.38. The summed E-state index contributed by atoms with van der Waals surface area (Å²) < 4.78 is 0. The Bertz CT molecular complexity index is 372. The van der Waals surface area contributed by atoms with Crippen LogP contribution in [0.5, 0.6) is 0 Å². The van der Waals surface area contributed by atoms with Crippen LogP contribution in [0.25, 0.3) is 0 Å². The van der Waals surface area contributed by atoms with E-state index >= 15 is 0 Å². The molecule has 0 aliphatic carbocycles. The molecule has 0 aliphatic rings. The quantitative estimate of drug-likeness (QED) is 0.445. The Balaban J connectivity index is 2.96. The van der Waals surface area contributed by atoms with Gasteiger partial charge in [0.25, 0.3) is 0 Å². The van der Waals surface area contributed by atoms with Crippen LogP contribution < -0.4 is 10.2 Å². The molecule has 6 nitrogen and oxygen atoms in total. The highest BCUT2D eigenvalue weighted by Crippen LogP contribution is 2.12. The molecule has 15 heavy (non-hydrogen) atoms. The molecule has 1 N–H and O–H groups in total. The van der Waals surface area contributed by atoms with Crippen LogP contribution >= 0.6 is 11.8 Å². The summed E-state index contributed by atoms with van der Waals surface area (Å²) in [6.45, 7) is 0.327. The Morgan fingerprint density at radius 1 is 1.40 bits per heavy atom. The van der Waals surface area contributed by atoms with Crippen molar-refractivity contribution in [3.8, 4) is 6.19 Å². The van der Waals surface area contributed by atoms with E-state index in [-0.39, 0.29) is 0 Å². The number of thioether (sulfide) groups is 1. The molecule has 80 valence electrons. The lowest BCUT2D eigenvalue weighted by Crippen LogP contribution is -2.17. The lowest BCUT2D eigenvalue weighted by Gasteiger charge is -2.11. The van der Waals surface area contributed by atoms with Gasteiger partial charge in [0.05, 0.1) is 6.54 Å². The van der Waals surface area contributed by atoms with Crippen LogP contribution in [-0.2, 0) is 6.54 Å². The molecule has 0 saturated heterocycles. The van der Waals surface area contributed by atoms with Crippen molar-refractivity contribution in [2.75, 3.05) is 25.3 Å². The molecule has 1 heterocycles. The molecule has 0 amide bonds. The van der Waals surface area contributed by atoms with Crippen LogP contribution in [0.1, 0.15) is 5.82 Å². The molecule has 1 aromatic heterocycles. The third-order valence-electron chi connectivity index (χ3n) is 1.56. The highest BCUT2D eigenvalue weighted by molar-refractivity contribution is 7.98. The number of nitriles is 1. The average Bonchev–Trinajstić information content (AvgIpc) is 2.25. The Labute approximate surface area is 92.7 Å². The number of rotatable bonds is 4. The molecule has 1 rings (SSSR count). The Kier molecular flexibility index (Phi) is 4.12. The van der Waals surface area contributed by atoms with Crippen LogP contribution in [0.2, 0.25) is 0 Å². The summed E-state index contributed by atoms with van der Waals surface area (Å²) in [6, 6.07) is 0. The molecule has 1 aromatic rings. The highest BCUT2D eigenvalue weighted by atomic mass is 32.2. The van der Waals surface area contributed by atoms with Crippen molar-refractivity contribution in [1.82, 2.24) is 20.3 Å². The Hall–Kier alpha value is -1.55. The van der Waals surface area contributed by atoms with Gasteiger partial charge in [0.1, 0.15) is 0 Å². The summed E-state index contributed by atoms with van der Waals surface area (Å²) in [4.78, 5) is 14.4. The van der Waals surface area contributed by atoms with Gasteiger partial charge in [-0.05, 0) is 6.26 Å². The van der Waals surface area contributed by atoms with Crippen LogP contribution in [0.3, 0.4) is 0 Å². The molecule has 7 heteroatoms. The monoisotopic (exact) mass is 224 g/mol. The van der Waals surface area contributed by atoms with E-state index in [0.29, 0.717) is 23.5 Å². The summed E-state index contributed by atoms with van der Waals surface area (Å²) in [5, 5.41) is 11.5. The van der Waals surface area contributed by atoms with Crippen LogP contribution in [0.4, 0.5) is 5.95 Å². The first-order valence-electron chi connectivity index (χ1n) is 4.25. The lowest BCUT2D eigenvalue weighted by atomic mass is 10.6. The van der Waals surface area contributed by atoms with Crippen LogP contribution in [0.15, 0.2) is 5.16 Å². The first-order chi connectivity index (χ1) is 7.17. The van der Waals surface area contributed by atoms with Gasteiger partial charge in [0.15, 0.2) is 17.2 Å². The maximum Gasteiger partial charge on any atom is 0.229 e. The molecule has 0 aliphatic heterocycles. The van der Waals surface area contributed by atoms with E-state index < -0.39 is 0 Å². The Morgan fingerprint density at radius 3 is 2.67 bits per heavy atom. The minimum atomic E-state index is 0.327. The fourth-order valence-electron chi connectivity index (χ4n) is 0.875. The molecule has 0 atom stereocenters. The molecule has 0 radical (unpaired) electrons. The van der Waals surface area contributed by atoms with E-state index in [1.165, 1.54) is 11.8 Å². The second-order valence-electron chi connectivity index (χ2n) is 2.90. The zero-order valence-electron chi connectivity index (χ0n) is 8.85. The molecule has 0 unspecified atom stereocenters. The van der Waals surface area contributed by atoms with Crippen molar-refractivity contribution in [2.45, 2.75) is 11.7 Å². The van der Waals surface area contributed by atoms with Gasteiger partial charge in [-0.2, -0.15) is 15.2 Å². The fourth-order valence-corrected chi connectivity index (χ4v) is 1.24. The zero-order chi connectivity index (χ0) is 11.3. The third-order valence-corrected chi connectivity index (χ3v) is 2.11. The summed E-state index contributed by atoms with van der Waals surface area (Å²) in [5.41, 5.74) is 0. The number of nitrogens with zero attached hydrogens (tertiary/aromatic N) is 5. The van der Waals surface area contributed by atoms with Gasteiger partial charge in [0, 0.05) is 14.1 Å². The van der Waals surface area contributed by atoms with E-state index in [9.17, 15) is 0 Å². The second kappa shape index (κ2) is 5.36. The SMILES string of the molecule is CSc1nc(CNC#N)nc(N(C)C)n1. The van der Waals surface area contributed by atoms with Crippen molar-refractivity contribution in [3.05, 3.63) is 5.82 Å². The van der Waals surface area contributed by atoms with E-state index in [4.69, 9.17) is 5.26 Å². The number of hydrogen-bond donors (Lipinski definition) is 1. The predicted molar refractivity (Wildman–Crippen MR) is 58.4 cm³/mol. The number of anilines is 1. The van der Waals surface area contributed by atoms with E-state index in [0.717, 1.165) is 0 Å². The summed E-state index contributed by atoms with van der Waals surface area (Å²) >= 11 is 1.45. The van der Waals surface area contributed by atoms with Crippen molar-refractivity contribution < 1.29 is 0 Å². The average molecular weight is 224 g/mol. The van der Waals surface area contributed by atoms with Gasteiger partial charge in [-0.1, -0.05) is 11.8 Å². The molecule has 0 fully saturated rings. The van der Waals surface area contributed by atoms with Crippen molar-refractivity contribution in [2.24, 2.45) is 0 Å². The van der Waals surface area contributed by atoms with Gasteiger partial charge in [-0.15, -0.1) is 0 Å². The maximum atomic E-state index is 8.38.